The number of anilines is 2. The fourth-order valence-corrected chi connectivity index (χ4v) is 7.13. The first-order valence-corrected chi connectivity index (χ1v) is 15.3. The molecule has 0 spiro atoms. The molecular weight excluding hydrogens is 554 g/mol. The molecule has 4 aliphatic heterocycles. The van der Waals surface area contributed by atoms with Crippen molar-refractivity contribution >= 4 is 23.3 Å². The molecule has 0 bridgehead atoms. The highest BCUT2D eigenvalue weighted by Crippen LogP contribution is 2.43. The number of hydrogen-bond acceptors (Lipinski definition) is 6. The van der Waals surface area contributed by atoms with E-state index in [4.69, 9.17) is 5.10 Å². The van der Waals surface area contributed by atoms with Gasteiger partial charge in [0.05, 0.1) is 24.7 Å². The van der Waals surface area contributed by atoms with E-state index in [1.807, 2.05) is 15.9 Å². The van der Waals surface area contributed by atoms with E-state index in [0.717, 1.165) is 67.1 Å². The maximum absolute atomic E-state index is 14.5. The predicted octanol–water partition coefficient (Wildman–Crippen LogP) is 3.59. The lowest BCUT2D eigenvalue weighted by atomic mass is 9.92. The molecule has 0 aliphatic carbocycles. The number of fused-ring (bicyclic) bond motifs is 2. The van der Waals surface area contributed by atoms with E-state index in [2.05, 4.69) is 20.0 Å². The minimum Gasteiger partial charge on any atom is -0.342 e. The highest BCUT2D eigenvalue weighted by Gasteiger charge is 2.36. The Morgan fingerprint density at radius 2 is 1.84 bits per heavy atom. The Balaban J connectivity index is 1.25. The van der Waals surface area contributed by atoms with E-state index in [9.17, 15) is 18.4 Å². The van der Waals surface area contributed by atoms with Gasteiger partial charge in [-0.15, -0.1) is 0 Å². The standard InChI is InChI=1S/C31H38F2N8O2/c1-19(42)39-11-7-27-26(18-39)30(36-41(27)23-5-9-38(10-6-23)31(43)21-14-34-15-21)40-8-3-4-20-12-24(22-16-35-37(2)17-22)25(29(32)33)13-28(20)40/h12-13,16-17,21,23,29,34H,3-11,14-15,18H2,1-2H3. The summed E-state index contributed by atoms with van der Waals surface area (Å²) in [7, 11) is 1.78. The van der Waals surface area contributed by atoms with Crippen molar-refractivity contribution in [2.75, 3.05) is 44.2 Å². The van der Waals surface area contributed by atoms with Crippen LogP contribution in [-0.4, -0.2) is 80.4 Å². The minimum atomic E-state index is -2.65. The Hall–Kier alpha value is -3.80. The molecule has 1 N–H and O–H groups in total. The van der Waals surface area contributed by atoms with Crippen LogP contribution in [0.3, 0.4) is 0 Å². The van der Waals surface area contributed by atoms with E-state index in [-0.39, 0.29) is 29.3 Å². The number of nitrogens with one attached hydrogen (secondary N) is 1. The number of likely N-dealkylation sites (tertiary alicyclic amines) is 1. The maximum atomic E-state index is 14.5. The molecule has 0 radical (unpaired) electrons. The number of carbonyl (C=O) groups is 2. The molecule has 0 saturated carbocycles. The van der Waals surface area contributed by atoms with Gasteiger partial charge in [0.15, 0.2) is 5.82 Å². The van der Waals surface area contributed by atoms with Gasteiger partial charge in [0.1, 0.15) is 0 Å². The second kappa shape index (κ2) is 11.0. The molecule has 228 valence electrons. The van der Waals surface area contributed by atoms with Gasteiger partial charge in [0.25, 0.3) is 6.43 Å². The Kier molecular flexibility index (Phi) is 7.19. The van der Waals surface area contributed by atoms with Gasteiger partial charge < -0.3 is 20.0 Å². The van der Waals surface area contributed by atoms with Gasteiger partial charge in [-0.3, -0.25) is 19.0 Å². The molecule has 43 heavy (non-hydrogen) atoms. The van der Waals surface area contributed by atoms with Crippen molar-refractivity contribution in [3.05, 3.63) is 46.9 Å². The molecule has 10 nitrogen and oxygen atoms in total. The molecule has 3 aromatic rings. The van der Waals surface area contributed by atoms with Gasteiger partial charge in [-0.2, -0.15) is 10.2 Å². The molecular formula is C31H38F2N8O2. The van der Waals surface area contributed by atoms with Crippen LogP contribution >= 0.6 is 0 Å². The number of halogens is 2. The Morgan fingerprint density at radius 1 is 1.05 bits per heavy atom. The minimum absolute atomic E-state index is 0.0156. The summed E-state index contributed by atoms with van der Waals surface area (Å²) in [6.07, 6.45) is 4.73. The third-order valence-electron chi connectivity index (χ3n) is 9.64. The normalized spacial score (nSPS) is 19.4. The summed E-state index contributed by atoms with van der Waals surface area (Å²) in [5.41, 5.74) is 5.06. The van der Waals surface area contributed by atoms with Crippen LogP contribution in [0, 0.1) is 5.92 Å². The second-order valence-corrected chi connectivity index (χ2v) is 12.3. The van der Waals surface area contributed by atoms with Crippen LogP contribution < -0.4 is 10.2 Å². The fraction of sp³-hybridized carbons (Fsp3) is 0.548. The van der Waals surface area contributed by atoms with Crippen molar-refractivity contribution in [2.24, 2.45) is 13.0 Å². The number of aromatic nitrogens is 4. The number of amides is 2. The third-order valence-corrected chi connectivity index (χ3v) is 9.64. The Bertz CT molecular complexity index is 1550. The lowest BCUT2D eigenvalue weighted by molar-refractivity contribution is -0.138. The number of rotatable bonds is 5. The van der Waals surface area contributed by atoms with Crippen molar-refractivity contribution in [3.8, 4) is 11.1 Å². The van der Waals surface area contributed by atoms with Gasteiger partial charge in [0, 0.05) is 93.9 Å². The topological polar surface area (TPSA) is 91.5 Å². The predicted molar refractivity (Wildman–Crippen MR) is 157 cm³/mol. The third kappa shape index (κ3) is 4.99. The number of aryl methyl sites for hydroxylation is 2. The summed E-state index contributed by atoms with van der Waals surface area (Å²) in [6, 6.07) is 3.68. The summed E-state index contributed by atoms with van der Waals surface area (Å²) in [4.78, 5) is 31.2. The van der Waals surface area contributed by atoms with Crippen LogP contribution in [0.1, 0.15) is 61.0 Å². The number of hydrogen-bond donors (Lipinski definition) is 1. The summed E-state index contributed by atoms with van der Waals surface area (Å²) >= 11 is 0. The van der Waals surface area contributed by atoms with Gasteiger partial charge in [-0.1, -0.05) is 0 Å². The summed E-state index contributed by atoms with van der Waals surface area (Å²) in [5.74, 6) is 1.11. The highest BCUT2D eigenvalue weighted by molar-refractivity contribution is 5.80. The van der Waals surface area contributed by atoms with Crippen LogP contribution in [0.25, 0.3) is 11.1 Å². The average molecular weight is 593 g/mol. The zero-order valence-electron chi connectivity index (χ0n) is 24.7. The molecule has 2 saturated heterocycles. The zero-order chi connectivity index (χ0) is 29.8. The molecule has 0 unspecified atom stereocenters. The van der Waals surface area contributed by atoms with Crippen molar-refractivity contribution in [3.63, 3.8) is 0 Å². The van der Waals surface area contributed by atoms with E-state index in [1.165, 1.54) is 0 Å². The lowest BCUT2D eigenvalue weighted by Gasteiger charge is -2.37. The average Bonchev–Trinajstić information content (AvgIpc) is 3.58. The smallest absolute Gasteiger partial charge is 0.264 e. The lowest BCUT2D eigenvalue weighted by Crippen LogP contribution is -2.53. The molecule has 2 amide bonds. The van der Waals surface area contributed by atoms with Crippen LogP contribution in [-0.2, 0) is 36.0 Å². The molecule has 12 heteroatoms. The molecule has 2 aromatic heterocycles. The first-order valence-electron chi connectivity index (χ1n) is 15.3. The Morgan fingerprint density at radius 3 is 2.49 bits per heavy atom. The van der Waals surface area contributed by atoms with E-state index in [0.29, 0.717) is 50.3 Å². The Labute approximate surface area is 249 Å². The number of alkyl halides is 2. The van der Waals surface area contributed by atoms with Crippen LogP contribution in [0.15, 0.2) is 24.5 Å². The fourth-order valence-electron chi connectivity index (χ4n) is 7.13. The molecule has 7 rings (SSSR count). The van der Waals surface area contributed by atoms with Gasteiger partial charge >= 0.3 is 0 Å². The molecule has 6 heterocycles. The number of benzene rings is 1. The van der Waals surface area contributed by atoms with Crippen LogP contribution in [0.4, 0.5) is 20.3 Å². The van der Waals surface area contributed by atoms with Crippen molar-refractivity contribution in [1.29, 1.82) is 0 Å². The SMILES string of the molecule is CC(=O)N1CCc2c(c(N3CCCc4cc(-c5cnn(C)c5)c(C(F)F)cc43)nn2C2CCN(C(=O)C3CNC3)CC2)C1. The van der Waals surface area contributed by atoms with Gasteiger partial charge in [-0.25, -0.2) is 8.78 Å². The molecule has 0 atom stereocenters. The summed E-state index contributed by atoms with van der Waals surface area (Å²) in [5, 5.41) is 12.6. The van der Waals surface area contributed by atoms with Crippen molar-refractivity contribution < 1.29 is 18.4 Å². The van der Waals surface area contributed by atoms with E-state index >= 15 is 0 Å². The first kappa shape index (κ1) is 28.0. The summed E-state index contributed by atoms with van der Waals surface area (Å²) < 4.78 is 32.8. The first-order chi connectivity index (χ1) is 20.8. The zero-order valence-corrected chi connectivity index (χ0v) is 24.7. The molecule has 2 fully saturated rings. The largest absolute Gasteiger partial charge is 0.342 e. The molecule has 4 aliphatic rings. The quantitative estimate of drug-likeness (QED) is 0.487. The van der Waals surface area contributed by atoms with Crippen molar-refractivity contribution in [1.82, 2.24) is 34.7 Å². The molecule has 1 aromatic carbocycles. The van der Waals surface area contributed by atoms with E-state index in [1.54, 1.807) is 37.1 Å². The van der Waals surface area contributed by atoms with Gasteiger partial charge in [-0.05, 0) is 48.9 Å². The van der Waals surface area contributed by atoms with Crippen molar-refractivity contribution in [2.45, 2.75) is 58.0 Å². The monoisotopic (exact) mass is 592 g/mol. The highest BCUT2D eigenvalue weighted by atomic mass is 19.3. The number of nitrogens with zero attached hydrogens (tertiary/aromatic N) is 7. The van der Waals surface area contributed by atoms with Gasteiger partial charge in [0.2, 0.25) is 11.8 Å². The number of carbonyl (C=O) groups excluding carboxylic acids is 2. The van der Waals surface area contributed by atoms with E-state index < -0.39 is 6.43 Å². The van der Waals surface area contributed by atoms with Crippen LogP contribution in [0.2, 0.25) is 0 Å². The second-order valence-electron chi connectivity index (χ2n) is 12.3. The maximum Gasteiger partial charge on any atom is 0.264 e. The number of piperidine rings is 1. The summed E-state index contributed by atoms with van der Waals surface area (Å²) in [6.45, 7) is 6.24. The van der Waals surface area contributed by atoms with Crippen LogP contribution in [0.5, 0.6) is 0 Å².